The number of nitrogens with zero attached hydrogens (tertiary/aromatic N) is 1. The Morgan fingerprint density at radius 1 is 1.50 bits per heavy atom. The van der Waals surface area contributed by atoms with Crippen LogP contribution in [-0.2, 0) is 4.79 Å². The minimum absolute atomic E-state index is 0.0754. The average molecular weight is 363 g/mol. The number of unbranched alkanes of at least 4 members (excludes halogenated alkanes) is 1. The number of anilines is 1. The summed E-state index contributed by atoms with van der Waals surface area (Å²) in [6, 6.07) is 1.98. The fourth-order valence-corrected chi connectivity index (χ4v) is 3.06. The third-order valence-electron chi connectivity index (χ3n) is 2.74. The second-order valence-electron chi connectivity index (χ2n) is 4.35. The van der Waals surface area contributed by atoms with Gasteiger partial charge in [-0.3, -0.25) is 4.79 Å². The maximum atomic E-state index is 13.5. The minimum Gasteiger partial charge on any atom is -0.301 e. The van der Waals surface area contributed by atoms with Gasteiger partial charge >= 0.3 is 0 Å². The summed E-state index contributed by atoms with van der Waals surface area (Å²) in [5.41, 5.74) is 0.0754. The van der Waals surface area contributed by atoms with E-state index in [0.717, 1.165) is 36.7 Å². The number of carbonyl (C=O) groups excluding carboxylic acids is 1. The van der Waals surface area contributed by atoms with Crippen LogP contribution >= 0.6 is 27.3 Å². The van der Waals surface area contributed by atoms with Crippen LogP contribution in [0.25, 0.3) is 10.2 Å². The van der Waals surface area contributed by atoms with Crippen molar-refractivity contribution in [2.24, 2.45) is 0 Å². The van der Waals surface area contributed by atoms with Crippen LogP contribution in [0.15, 0.2) is 12.1 Å². The number of amides is 1. The van der Waals surface area contributed by atoms with Crippen molar-refractivity contribution in [1.29, 1.82) is 0 Å². The average Bonchev–Trinajstić information content (AvgIpc) is 2.78. The molecule has 0 spiro atoms. The Hall–Kier alpha value is -1.08. The van der Waals surface area contributed by atoms with Gasteiger partial charge in [-0.25, -0.2) is 13.8 Å². The number of hydrogen-bond acceptors (Lipinski definition) is 3. The first-order chi connectivity index (χ1) is 9.51. The SMILES string of the molecule is CCCC[C@@H](Br)C(=O)Nc1nc2c(F)cc(F)cc2s1. The van der Waals surface area contributed by atoms with E-state index in [1.165, 1.54) is 6.07 Å². The summed E-state index contributed by atoms with van der Waals surface area (Å²) < 4.78 is 27.0. The molecular formula is C13H13BrF2N2OS. The molecule has 2 aromatic rings. The summed E-state index contributed by atoms with van der Waals surface area (Å²) in [6.45, 7) is 2.04. The predicted octanol–water partition coefficient (Wildman–Crippen LogP) is 4.47. The molecule has 0 saturated carbocycles. The maximum absolute atomic E-state index is 13.5. The molecule has 0 aliphatic carbocycles. The summed E-state index contributed by atoms with van der Waals surface area (Å²) in [4.78, 5) is 15.6. The Balaban J connectivity index is 2.14. The Morgan fingerprint density at radius 2 is 2.25 bits per heavy atom. The van der Waals surface area contributed by atoms with E-state index in [-0.39, 0.29) is 21.4 Å². The number of fused-ring (bicyclic) bond motifs is 1. The largest absolute Gasteiger partial charge is 0.301 e. The first-order valence-corrected chi connectivity index (χ1v) is 7.95. The van der Waals surface area contributed by atoms with Crippen LogP contribution in [0.5, 0.6) is 0 Å². The van der Waals surface area contributed by atoms with Crippen LogP contribution in [-0.4, -0.2) is 15.7 Å². The van der Waals surface area contributed by atoms with Crippen molar-refractivity contribution in [3.05, 3.63) is 23.8 Å². The maximum Gasteiger partial charge on any atom is 0.239 e. The van der Waals surface area contributed by atoms with Crippen LogP contribution < -0.4 is 5.32 Å². The molecule has 0 aliphatic rings. The van der Waals surface area contributed by atoms with Crippen molar-refractivity contribution >= 4 is 48.5 Å². The van der Waals surface area contributed by atoms with Gasteiger partial charge in [-0.1, -0.05) is 47.0 Å². The van der Waals surface area contributed by atoms with E-state index in [4.69, 9.17) is 0 Å². The van der Waals surface area contributed by atoms with Crippen molar-refractivity contribution in [3.8, 4) is 0 Å². The Morgan fingerprint density at radius 3 is 2.95 bits per heavy atom. The van der Waals surface area contributed by atoms with Crippen molar-refractivity contribution < 1.29 is 13.6 Å². The molecule has 3 nitrogen and oxygen atoms in total. The van der Waals surface area contributed by atoms with Gasteiger partial charge in [-0.15, -0.1) is 0 Å². The van der Waals surface area contributed by atoms with E-state index in [2.05, 4.69) is 26.2 Å². The fraction of sp³-hybridized carbons (Fsp3) is 0.385. The zero-order chi connectivity index (χ0) is 14.7. The monoisotopic (exact) mass is 362 g/mol. The lowest BCUT2D eigenvalue weighted by Gasteiger charge is -2.07. The smallest absolute Gasteiger partial charge is 0.239 e. The standard InChI is InChI=1S/C13H13BrF2N2OS/c1-2-3-4-8(14)12(19)18-13-17-11-9(16)5-7(15)6-10(11)20-13/h5-6,8H,2-4H2,1H3,(H,17,18,19)/t8-/m1/s1. The second kappa shape index (κ2) is 6.58. The van der Waals surface area contributed by atoms with Crippen LogP contribution in [0, 0.1) is 11.6 Å². The molecule has 1 heterocycles. The van der Waals surface area contributed by atoms with E-state index in [0.29, 0.717) is 4.70 Å². The first-order valence-electron chi connectivity index (χ1n) is 6.21. The van der Waals surface area contributed by atoms with Gasteiger partial charge < -0.3 is 5.32 Å². The molecule has 2 rings (SSSR count). The number of halogens is 3. The summed E-state index contributed by atoms with van der Waals surface area (Å²) in [7, 11) is 0. The molecule has 108 valence electrons. The number of rotatable bonds is 5. The lowest BCUT2D eigenvalue weighted by atomic mass is 10.2. The number of alkyl halides is 1. The molecule has 20 heavy (non-hydrogen) atoms. The number of aromatic nitrogens is 1. The summed E-state index contributed by atoms with van der Waals surface area (Å²) in [6.07, 6.45) is 2.65. The number of benzene rings is 1. The zero-order valence-electron chi connectivity index (χ0n) is 10.8. The third-order valence-corrected chi connectivity index (χ3v) is 4.53. The van der Waals surface area contributed by atoms with Gasteiger partial charge in [-0.2, -0.15) is 0 Å². The van der Waals surface area contributed by atoms with Gasteiger partial charge in [0.15, 0.2) is 10.9 Å². The Bertz CT molecular complexity index is 632. The van der Waals surface area contributed by atoms with Gasteiger partial charge in [0.2, 0.25) is 5.91 Å². The van der Waals surface area contributed by atoms with Gasteiger partial charge in [0.1, 0.15) is 11.3 Å². The molecule has 0 aliphatic heterocycles. The van der Waals surface area contributed by atoms with E-state index >= 15 is 0 Å². The zero-order valence-corrected chi connectivity index (χ0v) is 13.2. The molecule has 1 atom stereocenters. The van der Waals surface area contributed by atoms with Gasteiger partial charge in [0.05, 0.1) is 9.53 Å². The quantitative estimate of drug-likeness (QED) is 0.797. The number of thiazole rings is 1. The normalized spacial score (nSPS) is 12.6. The van der Waals surface area contributed by atoms with E-state index < -0.39 is 11.6 Å². The van der Waals surface area contributed by atoms with E-state index in [9.17, 15) is 13.6 Å². The molecule has 0 unspecified atom stereocenters. The van der Waals surface area contributed by atoms with E-state index in [1.807, 2.05) is 6.92 Å². The molecule has 1 aromatic heterocycles. The molecule has 7 heteroatoms. The lowest BCUT2D eigenvalue weighted by Crippen LogP contribution is -2.22. The second-order valence-corrected chi connectivity index (χ2v) is 6.49. The number of nitrogens with one attached hydrogen (secondary N) is 1. The topological polar surface area (TPSA) is 42.0 Å². The summed E-state index contributed by atoms with van der Waals surface area (Å²) in [5.74, 6) is -1.60. The van der Waals surface area contributed by atoms with Gasteiger partial charge in [0, 0.05) is 6.07 Å². The van der Waals surface area contributed by atoms with Crippen molar-refractivity contribution in [3.63, 3.8) is 0 Å². The van der Waals surface area contributed by atoms with Crippen molar-refractivity contribution in [2.75, 3.05) is 5.32 Å². The van der Waals surface area contributed by atoms with Crippen LogP contribution in [0.2, 0.25) is 0 Å². The molecule has 0 saturated heterocycles. The molecule has 0 radical (unpaired) electrons. The van der Waals surface area contributed by atoms with Crippen LogP contribution in [0.1, 0.15) is 26.2 Å². The highest BCUT2D eigenvalue weighted by Crippen LogP contribution is 2.29. The Kier molecular flexibility index (Phi) is 5.04. The van der Waals surface area contributed by atoms with Crippen LogP contribution in [0.3, 0.4) is 0 Å². The molecule has 0 fully saturated rings. The van der Waals surface area contributed by atoms with Gasteiger partial charge in [0.25, 0.3) is 0 Å². The molecular weight excluding hydrogens is 350 g/mol. The Labute approximate surface area is 127 Å². The predicted molar refractivity (Wildman–Crippen MR) is 80.4 cm³/mol. The highest BCUT2D eigenvalue weighted by Gasteiger charge is 2.17. The highest BCUT2D eigenvalue weighted by atomic mass is 79.9. The number of carbonyl (C=O) groups is 1. The highest BCUT2D eigenvalue weighted by molar-refractivity contribution is 9.10. The van der Waals surface area contributed by atoms with Gasteiger partial charge in [-0.05, 0) is 12.5 Å². The minimum atomic E-state index is -0.724. The molecule has 0 bridgehead atoms. The summed E-state index contributed by atoms with van der Waals surface area (Å²) in [5, 5.41) is 2.89. The van der Waals surface area contributed by atoms with Crippen LogP contribution in [0.4, 0.5) is 13.9 Å². The summed E-state index contributed by atoms with van der Waals surface area (Å²) >= 11 is 4.35. The third kappa shape index (κ3) is 3.52. The first kappa shape index (κ1) is 15.3. The fourth-order valence-electron chi connectivity index (χ4n) is 1.71. The molecule has 1 amide bonds. The van der Waals surface area contributed by atoms with E-state index in [1.54, 1.807) is 0 Å². The van der Waals surface area contributed by atoms with Crippen molar-refractivity contribution in [1.82, 2.24) is 4.98 Å². The molecule has 1 N–H and O–H groups in total. The molecule has 1 aromatic carbocycles. The lowest BCUT2D eigenvalue weighted by molar-refractivity contribution is -0.115. The van der Waals surface area contributed by atoms with Crippen molar-refractivity contribution in [2.45, 2.75) is 31.0 Å². The number of hydrogen-bond donors (Lipinski definition) is 1.